The Balaban J connectivity index is 2.48. The van der Waals surface area contributed by atoms with Gasteiger partial charge in [0.25, 0.3) is 5.56 Å². The number of para-hydroxylation sites is 1. The molecular formula is C13H8N4O. The maximum atomic E-state index is 12.0. The molecule has 0 spiro atoms. The lowest BCUT2D eigenvalue weighted by atomic mass is 10.2. The summed E-state index contributed by atoms with van der Waals surface area (Å²) in [6.07, 6.45) is 2.80. The van der Waals surface area contributed by atoms with Crippen LogP contribution in [0.5, 0.6) is 0 Å². The number of nitrogens with one attached hydrogen (secondary N) is 1. The third-order valence-corrected chi connectivity index (χ3v) is 2.72. The minimum absolute atomic E-state index is 0.259. The van der Waals surface area contributed by atoms with Crippen molar-refractivity contribution in [2.75, 3.05) is 0 Å². The van der Waals surface area contributed by atoms with E-state index in [4.69, 9.17) is 5.26 Å². The monoisotopic (exact) mass is 236 g/mol. The molecule has 86 valence electrons. The summed E-state index contributed by atoms with van der Waals surface area (Å²) in [6, 6.07) is 11.2. The zero-order valence-corrected chi connectivity index (χ0v) is 9.29. The van der Waals surface area contributed by atoms with Gasteiger partial charge in [-0.25, -0.2) is 4.98 Å². The topological polar surface area (TPSA) is 74.5 Å². The smallest absolute Gasteiger partial charge is 0.274 e. The molecule has 2 aromatic heterocycles. The fraction of sp³-hybridized carbons (Fsp3) is 0. The summed E-state index contributed by atoms with van der Waals surface area (Å²) in [5.41, 5.74) is 1.89. The van der Waals surface area contributed by atoms with Gasteiger partial charge in [-0.05, 0) is 12.1 Å². The largest absolute Gasteiger partial charge is 0.343 e. The van der Waals surface area contributed by atoms with E-state index >= 15 is 0 Å². The van der Waals surface area contributed by atoms with Gasteiger partial charge in [-0.1, -0.05) is 18.2 Å². The second kappa shape index (κ2) is 3.86. The van der Waals surface area contributed by atoms with Crippen LogP contribution in [-0.4, -0.2) is 14.5 Å². The minimum atomic E-state index is -0.259. The van der Waals surface area contributed by atoms with E-state index in [1.54, 1.807) is 6.20 Å². The van der Waals surface area contributed by atoms with E-state index in [-0.39, 0.29) is 5.56 Å². The number of hydrogen-bond acceptors (Lipinski definition) is 3. The number of aromatic nitrogens is 3. The van der Waals surface area contributed by atoms with Crippen LogP contribution in [0.25, 0.3) is 16.9 Å². The Kier molecular flexibility index (Phi) is 2.21. The molecule has 0 bridgehead atoms. The summed E-state index contributed by atoms with van der Waals surface area (Å²) in [6.45, 7) is 0. The van der Waals surface area contributed by atoms with Crippen LogP contribution in [0, 0.1) is 11.3 Å². The lowest BCUT2D eigenvalue weighted by Crippen LogP contribution is -2.18. The molecule has 0 unspecified atom stereocenters. The molecule has 2 heterocycles. The Labute approximate surface area is 102 Å². The first-order chi connectivity index (χ1) is 8.81. The molecule has 0 amide bonds. The van der Waals surface area contributed by atoms with Crippen molar-refractivity contribution in [2.45, 2.75) is 0 Å². The van der Waals surface area contributed by atoms with Crippen molar-refractivity contribution >= 4 is 11.2 Å². The maximum Gasteiger partial charge on any atom is 0.274 e. The van der Waals surface area contributed by atoms with E-state index < -0.39 is 0 Å². The van der Waals surface area contributed by atoms with Crippen LogP contribution in [0.2, 0.25) is 0 Å². The van der Waals surface area contributed by atoms with Crippen molar-refractivity contribution in [3.05, 3.63) is 58.6 Å². The highest BCUT2D eigenvalue weighted by atomic mass is 16.1. The molecular weight excluding hydrogens is 228 g/mol. The van der Waals surface area contributed by atoms with Crippen LogP contribution in [0.3, 0.4) is 0 Å². The van der Waals surface area contributed by atoms with Crippen molar-refractivity contribution in [3.8, 4) is 11.8 Å². The highest BCUT2D eigenvalue weighted by molar-refractivity contribution is 5.80. The summed E-state index contributed by atoms with van der Waals surface area (Å²) in [4.78, 5) is 18.9. The first-order valence-corrected chi connectivity index (χ1v) is 5.36. The molecule has 5 nitrogen and oxygen atoms in total. The van der Waals surface area contributed by atoms with Gasteiger partial charge in [0.1, 0.15) is 11.6 Å². The lowest BCUT2D eigenvalue weighted by Gasteiger charge is -2.06. The van der Waals surface area contributed by atoms with E-state index in [2.05, 4.69) is 16.0 Å². The number of benzene rings is 1. The summed E-state index contributed by atoms with van der Waals surface area (Å²) in [5, 5.41) is 9.07. The Morgan fingerprint density at radius 3 is 2.78 bits per heavy atom. The minimum Gasteiger partial charge on any atom is -0.343 e. The zero-order valence-electron chi connectivity index (χ0n) is 9.29. The van der Waals surface area contributed by atoms with Crippen LogP contribution in [0.1, 0.15) is 5.56 Å². The van der Waals surface area contributed by atoms with Crippen LogP contribution in [0.15, 0.2) is 47.5 Å². The third-order valence-electron chi connectivity index (χ3n) is 2.72. The number of rotatable bonds is 1. The Morgan fingerprint density at radius 1 is 1.28 bits per heavy atom. The van der Waals surface area contributed by atoms with Gasteiger partial charge >= 0.3 is 0 Å². The summed E-state index contributed by atoms with van der Waals surface area (Å²) in [5.74, 6) is 0. The molecule has 0 saturated heterocycles. The van der Waals surface area contributed by atoms with Gasteiger partial charge in [0.05, 0.1) is 11.8 Å². The molecule has 18 heavy (non-hydrogen) atoms. The number of nitriles is 1. The van der Waals surface area contributed by atoms with Crippen molar-refractivity contribution in [1.29, 1.82) is 5.26 Å². The number of aromatic amines is 1. The second-order valence-electron chi connectivity index (χ2n) is 3.78. The Hall–Kier alpha value is -2.87. The fourth-order valence-corrected chi connectivity index (χ4v) is 1.94. The molecule has 0 saturated carbocycles. The van der Waals surface area contributed by atoms with Gasteiger partial charge in [-0.15, -0.1) is 0 Å². The molecule has 1 aromatic carbocycles. The average Bonchev–Trinajstić information content (AvgIpc) is 2.82. The average molecular weight is 236 g/mol. The molecule has 0 radical (unpaired) electrons. The summed E-state index contributed by atoms with van der Waals surface area (Å²) < 4.78 is 1.48. The van der Waals surface area contributed by atoms with E-state index in [9.17, 15) is 4.79 Å². The van der Waals surface area contributed by atoms with E-state index in [1.807, 2.05) is 30.3 Å². The number of fused-ring (bicyclic) bond motifs is 1. The molecule has 3 rings (SSSR count). The normalized spacial score (nSPS) is 10.4. The van der Waals surface area contributed by atoms with Gasteiger partial charge in [-0.3, -0.25) is 9.36 Å². The van der Waals surface area contributed by atoms with Crippen LogP contribution < -0.4 is 5.56 Å². The second-order valence-corrected chi connectivity index (χ2v) is 3.78. The predicted octanol–water partition coefficient (Wildman–Crippen LogP) is 1.59. The maximum absolute atomic E-state index is 12.0. The summed E-state index contributed by atoms with van der Waals surface area (Å²) in [7, 11) is 0. The van der Waals surface area contributed by atoms with Gasteiger partial charge in [0.2, 0.25) is 0 Å². The highest BCUT2D eigenvalue weighted by Crippen LogP contribution is 2.17. The van der Waals surface area contributed by atoms with E-state index in [0.29, 0.717) is 22.4 Å². The van der Waals surface area contributed by atoms with Crippen LogP contribution in [-0.2, 0) is 0 Å². The molecule has 0 atom stereocenters. The van der Waals surface area contributed by atoms with Crippen LogP contribution >= 0.6 is 0 Å². The van der Waals surface area contributed by atoms with Gasteiger partial charge < -0.3 is 4.98 Å². The Morgan fingerprint density at radius 2 is 2.06 bits per heavy atom. The number of hydrogen-bond donors (Lipinski definition) is 1. The van der Waals surface area contributed by atoms with Gasteiger partial charge in [0.15, 0.2) is 5.65 Å². The van der Waals surface area contributed by atoms with Crippen molar-refractivity contribution < 1.29 is 0 Å². The first-order valence-electron chi connectivity index (χ1n) is 5.36. The molecule has 0 aliphatic heterocycles. The zero-order chi connectivity index (χ0) is 12.5. The number of H-pyrrole nitrogens is 1. The lowest BCUT2D eigenvalue weighted by molar-refractivity contribution is 1.01. The Bertz CT molecular complexity index is 808. The fourth-order valence-electron chi connectivity index (χ4n) is 1.94. The summed E-state index contributed by atoms with van der Waals surface area (Å²) >= 11 is 0. The quantitative estimate of drug-likeness (QED) is 0.697. The van der Waals surface area contributed by atoms with Gasteiger partial charge in [0, 0.05) is 11.9 Å². The van der Waals surface area contributed by atoms with Crippen LogP contribution in [0.4, 0.5) is 0 Å². The van der Waals surface area contributed by atoms with E-state index in [0.717, 1.165) is 0 Å². The molecule has 0 fully saturated rings. The number of nitrogens with zero attached hydrogens (tertiary/aromatic N) is 3. The van der Waals surface area contributed by atoms with Gasteiger partial charge in [-0.2, -0.15) is 5.26 Å². The molecule has 3 aromatic rings. The van der Waals surface area contributed by atoms with Crippen molar-refractivity contribution in [3.63, 3.8) is 0 Å². The van der Waals surface area contributed by atoms with E-state index in [1.165, 1.54) is 10.8 Å². The molecule has 5 heteroatoms. The highest BCUT2D eigenvalue weighted by Gasteiger charge is 2.11. The standard InChI is InChI=1S/C13H8N4O/c14-6-9-7-15-13-12(9)17(11(18)8-16-13)10-4-2-1-3-5-10/h1-5,7-8,15H. The molecule has 0 aliphatic carbocycles. The predicted molar refractivity (Wildman–Crippen MR) is 66.4 cm³/mol. The van der Waals surface area contributed by atoms with Crippen molar-refractivity contribution in [2.24, 2.45) is 0 Å². The van der Waals surface area contributed by atoms with Crippen molar-refractivity contribution in [1.82, 2.24) is 14.5 Å². The molecule has 1 N–H and O–H groups in total. The first kappa shape index (κ1) is 10.3. The molecule has 0 aliphatic rings. The third kappa shape index (κ3) is 1.40. The SMILES string of the molecule is N#Cc1c[nH]c2ncc(=O)n(-c3ccccc3)c12.